The summed E-state index contributed by atoms with van der Waals surface area (Å²) in [6.07, 6.45) is 10.5. The van der Waals surface area contributed by atoms with E-state index < -0.39 is 0 Å². The van der Waals surface area contributed by atoms with Crippen LogP contribution in [0.4, 0.5) is 4.39 Å². The SMILES string of the molecule is O=C(c1ccc(F)cc1)N1CCCC2C=CC=CC21. The molecule has 0 aromatic heterocycles. The third-order valence-corrected chi connectivity index (χ3v) is 3.86. The summed E-state index contributed by atoms with van der Waals surface area (Å²) >= 11 is 0. The number of hydrogen-bond donors (Lipinski definition) is 0. The molecule has 2 atom stereocenters. The molecule has 1 aromatic carbocycles. The Morgan fingerprint density at radius 3 is 2.68 bits per heavy atom. The van der Waals surface area contributed by atoms with Crippen LogP contribution in [0, 0.1) is 11.7 Å². The van der Waals surface area contributed by atoms with E-state index in [0.717, 1.165) is 19.4 Å². The Kier molecular flexibility index (Phi) is 3.20. The third kappa shape index (κ3) is 2.33. The first-order chi connectivity index (χ1) is 9.25. The highest BCUT2D eigenvalue weighted by molar-refractivity contribution is 5.94. The molecule has 0 N–H and O–H groups in total. The van der Waals surface area contributed by atoms with E-state index in [-0.39, 0.29) is 17.8 Å². The minimum Gasteiger partial charge on any atom is -0.332 e. The summed E-state index contributed by atoms with van der Waals surface area (Å²) in [5.41, 5.74) is 0.560. The predicted octanol–water partition coefficient (Wildman–Crippen LogP) is 3.17. The summed E-state index contributed by atoms with van der Waals surface area (Å²) in [6.45, 7) is 0.773. The van der Waals surface area contributed by atoms with Crippen LogP contribution in [0.15, 0.2) is 48.6 Å². The molecule has 1 aliphatic heterocycles. The number of hydrogen-bond acceptors (Lipinski definition) is 1. The number of amides is 1. The Labute approximate surface area is 112 Å². The Bertz CT molecular complexity index is 532. The molecule has 1 heterocycles. The minimum atomic E-state index is -0.312. The second-order valence-corrected chi connectivity index (χ2v) is 5.07. The second-order valence-electron chi connectivity index (χ2n) is 5.07. The van der Waals surface area contributed by atoms with Crippen molar-refractivity contribution in [2.75, 3.05) is 6.54 Å². The van der Waals surface area contributed by atoms with Crippen molar-refractivity contribution in [3.8, 4) is 0 Å². The highest BCUT2D eigenvalue weighted by Crippen LogP contribution is 2.29. The summed E-state index contributed by atoms with van der Waals surface area (Å²) in [7, 11) is 0. The molecule has 19 heavy (non-hydrogen) atoms. The molecule has 98 valence electrons. The van der Waals surface area contributed by atoms with Crippen molar-refractivity contribution in [1.82, 2.24) is 4.90 Å². The van der Waals surface area contributed by atoms with Crippen LogP contribution in [-0.2, 0) is 0 Å². The fourth-order valence-electron chi connectivity index (χ4n) is 2.89. The van der Waals surface area contributed by atoms with Crippen LogP contribution in [0.1, 0.15) is 23.2 Å². The van der Waals surface area contributed by atoms with Gasteiger partial charge in [0.15, 0.2) is 0 Å². The third-order valence-electron chi connectivity index (χ3n) is 3.86. The number of piperidine rings is 1. The number of fused-ring (bicyclic) bond motifs is 1. The van der Waals surface area contributed by atoms with Gasteiger partial charge in [0.05, 0.1) is 6.04 Å². The van der Waals surface area contributed by atoms with Gasteiger partial charge in [-0.2, -0.15) is 0 Å². The zero-order valence-corrected chi connectivity index (χ0v) is 10.6. The quantitative estimate of drug-likeness (QED) is 0.756. The van der Waals surface area contributed by atoms with E-state index in [2.05, 4.69) is 12.2 Å². The zero-order chi connectivity index (χ0) is 13.2. The van der Waals surface area contributed by atoms with Crippen molar-refractivity contribution < 1.29 is 9.18 Å². The lowest BCUT2D eigenvalue weighted by Crippen LogP contribution is -2.47. The molecule has 2 aliphatic rings. The van der Waals surface area contributed by atoms with Crippen LogP contribution >= 0.6 is 0 Å². The van der Waals surface area contributed by atoms with Gasteiger partial charge in [0, 0.05) is 18.0 Å². The van der Waals surface area contributed by atoms with Crippen LogP contribution in [0.2, 0.25) is 0 Å². The van der Waals surface area contributed by atoms with Gasteiger partial charge in [-0.3, -0.25) is 4.79 Å². The molecule has 0 saturated carbocycles. The maximum absolute atomic E-state index is 12.9. The lowest BCUT2D eigenvalue weighted by Gasteiger charge is -2.39. The monoisotopic (exact) mass is 257 g/mol. The van der Waals surface area contributed by atoms with E-state index in [1.807, 2.05) is 17.1 Å². The standard InChI is InChI=1S/C16H16FNO/c17-14-9-7-13(8-10-14)16(19)18-11-3-5-12-4-1-2-6-15(12)18/h1-2,4,6-10,12,15H,3,5,11H2. The molecule has 2 nitrogen and oxygen atoms in total. The van der Waals surface area contributed by atoms with Crippen LogP contribution in [-0.4, -0.2) is 23.4 Å². The number of benzene rings is 1. The largest absolute Gasteiger partial charge is 0.332 e. The lowest BCUT2D eigenvalue weighted by atomic mass is 9.86. The van der Waals surface area contributed by atoms with Gasteiger partial charge < -0.3 is 4.90 Å². The van der Waals surface area contributed by atoms with Crippen LogP contribution in [0.5, 0.6) is 0 Å². The smallest absolute Gasteiger partial charge is 0.254 e. The number of allylic oxidation sites excluding steroid dienone is 2. The van der Waals surface area contributed by atoms with Crippen LogP contribution in [0.3, 0.4) is 0 Å². The van der Waals surface area contributed by atoms with Gasteiger partial charge in [-0.1, -0.05) is 24.3 Å². The highest BCUT2D eigenvalue weighted by atomic mass is 19.1. The maximum Gasteiger partial charge on any atom is 0.254 e. The normalized spacial score (nSPS) is 25.2. The van der Waals surface area contributed by atoms with E-state index in [1.54, 1.807) is 12.1 Å². The van der Waals surface area contributed by atoms with E-state index in [1.165, 1.54) is 12.1 Å². The first-order valence-electron chi connectivity index (χ1n) is 6.67. The molecule has 0 radical (unpaired) electrons. The molecular formula is C16H16FNO. The van der Waals surface area contributed by atoms with Gasteiger partial charge in [-0.25, -0.2) is 4.39 Å². The molecule has 0 bridgehead atoms. The maximum atomic E-state index is 12.9. The number of nitrogens with zero attached hydrogens (tertiary/aromatic N) is 1. The Morgan fingerprint density at radius 2 is 1.89 bits per heavy atom. The van der Waals surface area contributed by atoms with E-state index in [4.69, 9.17) is 0 Å². The number of halogens is 1. The van der Waals surface area contributed by atoms with Crippen molar-refractivity contribution in [2.45, 2.75) is 18.9 Å². The fraction of sp³-hybridized carbons (Fsp3) is 0.312. The molecule has 1 saturated heterocycles. The van der Waals surface area contributed by atoms with Crippen molar-refractivity contribution in [3.63, 3.8) is 0 Å². The minimum absolute atomic E-state index is 0.00495. The molecule has 3 rings (SSSR count). The number of carbonyl (C=O) groups is 1. The molecular weight excluding hydrogens is 241 g/mol. The summed E-state index contributed by atoms with van der Waals surface area (Å²) in [4.78, 5) is 14.4. The summed E-state index contributed by atoms with van der Waals surface area (Å²) in [5, 5.41) is 0. The molecule has 0 spiro atoms. The molecule has 2 unspecified atom stereocenters. The van der Waals surface area contributed by atoms with Crippen molar-refractivity contribution >= 4 is 5.91 Å². The molecule has 1 amide bonds. The average Bonchev–Trinajstić information content (AvgIpc) is 2.47. The van der Waals surface area contributed by atoms with Gasteiger partial charge in [0.1, 0.15) is 5.82 Å². The van der Waals surface area contributed by atoms with Crippen molar-refractivity contribution in [2.24, 2.45) is 5.92 Å². The number of rotatable bonds is 1. The highest BCUT2D eigenvalue weighted by Gasteiger charge is 2.32. The van der Waals surface area contributed by atoms with E-state index >= 15 is 0 Å². The van der Waals surface area contributed by atoms with Crippen LogP contribution in [0.25, 0.3) is 0 Å². The zero-order valence-electron chi connectivity index (χ0n) is 10.6. The average molecular weight is 257 g/mol. The van der Waals surface area contributed by atoms with Crippen LogP contribution < -0.4 is 0 Å². The van der Waals surface area contributed by atoms with Crippen molar-refractivity contribution in [3.05, 3.63) is 60.0 Å². The van der Waals surface area contributed by atoms with Gasteiger partial charge in [-0.05, 0) is 37.1 Å². The van der Waals surface area contributed by atoms with E-state index in [9.17, 15) is 9.18 Å². The topological polar surface area (TPSA) is 20.3 Å². The Balaban J connectivity index is 1.84. The lowest BCUT2D eigenvalue weighted by molar-refractivity contribution is 0.0614. The van der Waals surface area contributed by atoms with Gasteiger partial charge in [0.25, 0.3) is 5.91 Å². The summed E-state index contributed by atoms with van der Waals surface area (Å²) < 4.78 is 12.9. The predicted molar refractivity (Wildman–Crippen MR) is 72.2 cm³/mol. The molecule has 1 aliphatic carbocycles. The van der Waals surface area contributed by atoms with Crippen molar-refractivity contribution in [1.29, 1.82) is 0 Å². The van der Waals surface area contributed by atoms with E-state index in [0.29, 0.717) is 11.5 Å². The first kappa shape index (κ1) is 12.2. The molecule has 1 fully saturated rings. The number of carbonyl (C=O) groups excluding carboxylic acids is 1. The fourth-order valence-corrected chi connectivity index (χ4v) is 2.89. The van der Waals surface area contributed by atoms with Gasteiger partial charge >= 0.3 is 0 Å². The van der Waals surface area contributed by atoms with Gasteiger partial charge in [0.2, 0.25) is 0 Å². The second kappa shape index (κ2) is 5.00. The molecule has 1 aromatic rings. The first-order valence-corrected chi connectivity index (χ1v) is 6.67. The summed E-state index contributed by atoms with van der Waals surface area (Å²) in [5.74, 6) is 0.103. The van der Waals surface area contributed by atoms with Gasteiger partial charge in [-0.15, -0.1) is 0 Å². The summed E-state index contributed by atoms with van der Waals surface area (Å²) in [6, 6.07) is 5.94. The Hall–Kier alpha value is -1.90. The molecule has 3 heteroatoms. The number of likely N-dealkylation sites (tertiary alicyclic amines) is 1. The Morgan fingerprint density at radius 1 is 1.16 bits per heavy atom.